The molecule has 1 aromatic carbocycles. The van der Waals surface area contributed by atoms with Crippen molar-refractivity contribution in [2.45, 2.75) is 25.9 Å². The molecule has 1 fully saturated rings. The van der Waals surface area contributed by atoms with Crippen molar-refractivity contribution in [3.05, 3.63) is 47.9 Å². The molecule has 1 N–H and O–H groups in total. The number of aromatic nitrogens is 2. The summed E-state index contributed by atoms with van der Waals surface area (Å²) in [6, 6.07) is 7.79. The van der Waals surface area contributed by atoms with Gasteiger partial charge in [-0.25, -0.2) is 0 Å². The fourth-order valence-corrected chi connectivity index (χ4v) is 3.13. The highest BCUT2D eigenvalue weighted by Gasteiger charge is 2.18. The molecule has 0 amide bonds. The maximum Gasteiger partial charge on any atom is 0.0885 e. The normalized spacial score (nSPS) is 19.3. The summed E-state index contributed by atoms with van der Waals surface area (Å²) in [5.74, 6) is 0.697. The molecular formula is C18H23N3O. The predicted molar refractivity (Wildman–Crippen MR) is 87.3 cm³/mol. The zero-order chi connectivity index (χ0) is 15.4. The predicted octanol–water partition coefficient (Wildman–Crippen LogP) is 2.52. The zero-order valence-electron chi connectivity index (χ0n) is 13.1. The first-order valence-electron chi connectivity index (χ1n) is 7.94. The molecule has 1 saturated heterocycles. The van der Waals surface area contributed by atoms with E-state index in [9.17, 15) is 0 Å². The lowest BCUT2D eigenvalue weighted by Crippen LogP contribution is -2.33. The molecular weight excluding hydrogens is 274 g/mol. The SMILES string of the molecule is CN1CCCC(Cc2cnc(-c3ccc(CO)cc3)cn2)C1. The topological polar surface area (TPSA) is 49.2 Å². The first-order valence-corrected chi connectivity index (χ1v) is 7.94. The third-order valence-electron chi connectivity index (χ3n) is 4.36. The van der Waals surface area contributed by atoms with Gasteiger partial charge in [0, 0.05) is 18.3 Å². The molecule has 0 bridgehead atoms. The molecule has 0 spiro atoms. The third-order valence-corrected chi connectivity index (χ3v) is 4.36. The van der Waals surface area contributed by atoms with Crippen molar-refractivity contribution in [2.75, 3.05) is 20.1 Å². The van der Waals surface area contributed by atoms with Crippen LogP contribution >= 0.6 is 0 Å². The van der Waals surface area contributed by atoms with Crippen molar-refractivity contribution in [2.24, 2.45) is 5.92 Å². The number of aliphatic hydroxyl groups excluding tert-OH is 1. The van der Waals surface area contributed by atoms with Gasteiger partial charge < -0.3 is 10.0 Å². The number of hydrogen-bond donors (Lipinski definition) is 1. The van der Waals surface area contributed by atoms with E-state index < -0.39 is 0 Å². The molecule has 4 nitrogen and oxygen atoms in total. The van der Waals surface area contributed by atoms with Crippen LogP contribution in [0.15, 0.2) is 36.7 Å². The van der Waals surface area contributed by atoms with Gasteiger partial charge in [-0.2, -0.15) is 0 Å². The summed E-state index contributed by atoms with van der Waals surface area (Å²) in [7, 11) is 2.19. The monoisotopic (exact) mass is 297 g/mol. The van der Waals surface area contributed by atoms with E-state index in [2.05, 4.69) is 21.9 Å². The minimum absolute atomic E-state index is 0.0702. The van der Waals surface area contributed by atoms with Crippen molar-refractivity contribution in [1.82, 2.24) is 14.9 Å². The summed E-state index contributed by atoms with van der Waals surface area (Å²) in [5, 5.41) is 9.08. The smallest absolute Gasteiger partial charge is 0.0885 e. The van der Waals surface area contributed by atoms with Crippen LogP contribution in [-0.2, 0) is 13.0 Å². The van der Waals surface area contributed by atoms with E-state index in [-0.39, 0.29) is 6.61 Å². The number of hydrogen-bond acceptors (Lipinski definition) is 4. The van der Waals surface area contributed by atoms with Crippen LogP contribution in [0.1, 0.15) is 24.1 Å². The second-order valence-electron chi connectivity index (χ2n) is 6.22. The lowest BCUT2D eigenvalue weighted by atomic mass is 9.94. The second-order valence-corrected chi connectivity index (χ2v) is 6.22. The average Bonchev–Trinajstić information content (AvgIpc) is 2.56. The van der Waals surface area contributed by atoms with E-state index in [4.69, 9.17) is 5.11 Å². The Hall–Kier alpha value is -1.78. The van der Waals surface area contributed by atoms with Gasteiger partial charge in [0.1, 0.15) is 0 Å². The Bertz CT molecular complexity index is 595. The molecule has 1 aliphatic heterocycles. The first kappa shape index (κ1) is 15.1. The van der Waals surface area contributed by atoms with Crippen molar-refractivity contribution < 1.29 is 5.11 Å². The Kier molecular flexibility index (Phi) is 4.80. The molecule has 4 heteroatoms. The molecule has 0 radical (unpaired) electrons. The molecule has 1 aromatic heterocycles. The van der Waals surface area contributed by atoms with Gasteiger partial charge in [0.25, 0.3) is 0 Å². The van der Waals surface area contributed by atoms with Gasteiger partial charge >= 0.3 is 0 Å². The van der Waals surface area contributed by atoms with Crippen molar-refractivity contribution >= 4 is 0 Å². The summed E-state index contributed by atoms with van der Waals surface area (Å²) in [5.41, 5.74) is 3.91. The third kappa shape index (κ3) is 3.70. The Morgan fingerprint density at radius 1 is 1.18 bits per heavy atom. The quantitative estimate of drug-likeness (QED) is 0.942. The molecule has 2 aromatic rings. The van der Waals surface area contributed by atoms with Crippen LogP contribution in [0.4, 0.5) is 0 Å². The molecule has 1 atom stereocenters. The summed E-state index contributed by atoms with van der Waals surface area (Å²) in [6.07, 6.45) is 7.35. The van der Waals surface area contributed by atoms with Gasteiger partial charge in [0.05, 0.1) is 24.2 Å². The largest absolute Gasteiger partial charge is 0.392 e. The van der Waals surface area contributed by atoms with Crippen molar-refractivity contribution in [3.63, 3.8) is 0 Å². The molecule has 2 heterocycles. The van der Waals surface area contributed by atoms with Crippen LogP contribution in [0.2, 0.25) is 0 Å². The Morgan fingerprint density at radius 3 is 2.64 bits per heavy atom. The fraction of sp³-hybridized carbons (Fsp3) is 0.444. The second kappa shape index (κ2) is 6.99. The molecule has 0 saturated carbocycles. The van der Waals surface area contributed by atoms with Gasteiger partial charge in [0.15, 0.2) is 0 Å². The van der Waals surface area contributed by atoms with E-state index >= 15 is 0 Å². The van der Waals surface area contributed by atoms with E-state index in [0.717, 1.165) is 35.5 Å². The van der Waals surface area contributed by atoms with Crippen LogP contribution in [0.3, 0.4) is 0 Å². The maximum atomic E-state index is 9.08. The van der Waals surface area contributed by atoms with E-state index in [1.807, 2.05) is 36.7 Å². The van der Waals surface area contributed by atoms with Crippen LogP contribution < -0.4 is 0 Å². The van der Waals surface area contributed by atoms with Crippen molar-refractivity contribution in [1.29, 1.82) is 0 Å². The van der Waals surface area contributed by atoms with Crippen LogP contribution in [0.5, 0.6) is 0 Å². The van der Waals surface area contributed by atoms with Crippen LogP contribution in [0, 0.1) is 5.92 Å². The minimum atomic E-state index is 0.0702. The lowest BCUT2D eigenvalue weighted by Gasteiger charge is -2.29. The highest BCUT2D eigenvalue weighted by molar-refractivity contribution is 5.58. The van der Waals surface area contributed by atoms with Gasteiger partial charge in [-0.1, -0.05) is 24.3 Å². The number of nitrogens with zero attached hydrogens (tertiary/aromatic N) is 3. The molecule has 1 aliphatic rings. The summed E-state index contributed by atoms with van der Waals surface area (Å²) in [4.78, 5) is 11.5. The number of likely N-dealkylation sites (tertiary alicyclic amines) is 1. The van der Waals surface area contributed by atoms with Crippen LogP contribution in [-0.4, -0.2) is 40.1 Å². The van der Waals surface area contributed by atoms with E-state index in [1.165, 1.54) is 19.4 Å². The fourth-order valence-electron chi connectivity index (χ4n) is 3.13. The standard InChI is InChI=1S/C18H23N3O/c1-21-8-2-3-15(12-21)9-17-10-20-18(11-19-17)16-6-4-14(13-22)5-7-16/h4-7,10-11,15,22H,2-3,8-9,12-13H2,1H3. The summed E-state index contributed by atoms with van der Waals surface area (Å²) in [6.45, 7) is 2.44. The summed E-state index contributed by atoms with van der Waals surface area (Å²) >= 11 is 0. The highest BCUT2D eigenvalue weighted by atomic mass is 16.3. The van der Waals surface area contributed by atoms with Gasteiger partial charge in [-0.05, 0) is 44.3 Å². The van der Waals surface area contributed by atoms with E-state index in [0.29, 0.717) is 5.92 Å². The van der Waals surface area contributed by atoms with Crippen molar-refractivity contribution in [3.8, 4) is 11.3 Å². The molecule has 1 unspecified atom stereocenters. The van der Waals surface area contributed by atoms with Crippen LogP contribution in [0.25, 0.3) is 11.3 Å². The molecule has 22 heavy (non-hydrogen) atoms. The Labute approximate surface area is 131 Å². The maximum absolute atomic E-state index is 9.08. The Morgan fingerprint density at radius 2 is 2.00 bits per heavy atom. The molecule has 3 rings (SSSR count). The summed E-state index contributed by atoms with van der Waals surface area (Å²) < 4.78 is 0. The van der Waals surface area contributed by atoms with Gasteiger partial charge in [0.2, 0.25) is 0 Å². The number of piperidine rings is 1. The highest BCUT2D eigenvalue weighted by Crippen LogP contribution is 2.20. The van der Waals surface area contributed by atoms with Gasteiger partial charge in [-0.3, -0.25) is 9.97 Å². The molecule has 0 aliphatic carbocycles. The minimum Gasteiger partial charge on any atom is -0.392 e. The lowest BCUT2D eigenvalue weighted by molar-refractivity contribution is 0.208. The first-order chi connectivity index (χ1) is 10.7. The average molecular weight is 297 g/mol. The number of benzene rings is 1. The number of rotatable bonds is 4. The Balaban J connectivity index is 1.66. The molecule has 116 valence electrons. The van der Waals surface area contributed by atoms with Gasteiger partial charge in [-0.15, -0.1) is 0 Å². The number of aliphatic hydroxyl groups is 1. The zero-order valence-corrected chi connectivity index (χ0v) is 13.1. The van der Waals surface area contributed by atoms with E-state index in [1.54, 1.807) is 0 Å².